The van der Waals surface area contributed by atoms with Gasteiger partial charge in [0.1, 0.15) is 5.78 Å². The van der Waals surface area contributed by atoms with E-state index in [9.17, 15) is 19.5 Å². The number of amides is 1. The Hall–Kier alpha value is -4.15. The van der Waals surface area contributed by atoms with Crippen LogP contribution < -0.4 is 16.4 Å². The summed E-state index contributed by atoms with van der Waals surface area (Å²) in [4.78, 5) is 51.3. The van der Waals surface area contributed by atoms with Crippen LogP contribution in [0.25, 0.3) is 11.2 Å². The van der Waals surface area contributed by atoms with E-state index in [0.29, 0.717) is 17.8 Å². The standard InChI is InChI=1S/C21H23N7O4/c1-11(29)3-8-16(12(2)30)26-19(31)13-4-6-14(7-5-13)23-9-15-10-24-18-17(25-15)20(32)28-21(22)27-18/h4-7,10,16,23H,3,8-9H2,1-2H3,(H,26,31)(H3,22,24,27,28,32). The number of carbonyl (C=O) groups excluding carboxylic acids is 3. The van der Waals surface area contributed by atoms with Gasteiger partial charge in [0.15, 0.2) is 16.9 Å². The Labute approximate surface area is 183 Å². The number of hydrogen-bond donors (Lipinski definition) is 4. The van der Waals surface area contributed by atoms with E-state index in [1.165, 1.54) is 20.0 Å². The molecule has 0 spiro atoms. The van der Waals surface area contributed by atoms with Crippen molar-refractivity contribution in [2.24, 2.45) is 0 Å². The number of nitrogens with one attached hydrogen (secondary N) is 2. The molecular weight excluding hydrogens is 414 g/mol. The lowest BCUT2D eigenvalue weighted by Gasteiger charge is -2.15. The highest BCUT2D eigenvalue weighted by atomic mass is 16.3. The van der Waals surface area contributed by atoms with E-state index in [4.69, 9.17) is 5.73 Å². The number of aromatic nitrogens is 4. The normalized spacial score (nSPS) is 11.7. The molecule has 0 aliphatic carbocycles. The van der Waals surface area contributed by atoms with E-state index in [0.717, 1.165) is 5.69 Å². The lowest BCUT2D eigenvalue weighted by Crippen LogP contribution is -2.40. The van der Waals surface area contributed by atoms with Gasteiger partial charge in [0, 0.05) is 17.7 Å². The van der Waals surface area contributed by atoms with Crippen molar-refractivity contribution in [1.82, 2.24) is 25.3 Å². The Bertz CT molecular complexity index is 1160. The molecule has 11 nitrogen and oxygen atoms in total. The molecule has 0 fully saturated rings. The van der Waals surface area contributed by atoms with Gasteiger partial charge in [-0.05, 0) is 44.5 Å². The first-order valence-corrected chi connectivity index (χ1v) is 9.85. The maximum atomic E-state index is 12.4. The summed E-state index contributed by atoms with van der Waals surface area (Å²) in [7, 11) is 0. The second-order valence-corrected chi connectivity index (χ2v) is 7.25. The molecule has 1 amide bonds. The van der Waals surface area contributed by atoms with Crippen molar-refractivity contribution < 1.29 is 19.5 Å². The van der Waals surface area contributed by atoms with Crippen molar-refractivity contribution in [2.75, 3.05) is 11.1 Å². The van der Waals surface area contributed by atoms with Crippen LogP contribution in [0.3, 0.4) is 0 Å². The van der Waals surface area contributed by atoms with Crippen molar-refractivity contribution in [3.05, 3.63) is 41.7 Å². The number of Topliss-reactive ketones (excluding diaryl/α,β-unsaturated/α-hetero) is 2. The van der Waals surface area contributed by atoms with Crippen LogP contribution in [-0.4, -0.2) is 48.6 Å². The average molecular weight is 437 g/mol. The van der Waals surface area contributed by atoms with Crippen molar-refractivity contribution in [1.29, 1.82) is 0 Å². The van der Waals surface area contributed by atoms with Crippen molar-refractivity contribution in [2.45, 2.75) is 39.3 Å². The first-order valence-electron chi connectivity index (χ1n) is 9.85. The molecule has 3 rings (SSSR count). The Morgan fingerprint density at radius 3 is 2.47 bits per heavy atom. The van der Waals surface area contributed by atoms with E-state index in [-0.39, 0.29) is 47.4 Å². The molecule has 0 bridgehead atoms. The molecular formula is C21H23N7O4. The Morgan fingerprint density at radius 1 is 1.09 bits per heavy atom. The highest BCUT2D eigenvalue weighted by molar-refractivity contribution is 5.97. The van der Waals surface area contributed by atoms with E-state index in [1.807, 2.05) is 0 Å². The van der Waals surface area contributed by atoms with Gasteiger partial charge in [0.05, 0.1) is 24.5 Å². The Balaban J connectivity index is 1.62. The number of benzene rings is 1. The number of aromatic hydroxyl groups is 1. The van der Waals surface area contributed by atoms with Crippen LogP contribution >= 0.6 is 0 Å². The molecule has 0 radical (unpaired) electrons. The van der Waals surface area contributed by atoms with Crippen molar-refractivity contribution >= 4 is 40.3 Å². The molecule has 11 heteroatoms. The zero-order valence-corrected chi connectivity index (χ0v) is 17.6. The average Bonchev–Trinajstić information content (AvgIpc) is 2.75. The van der Waals surface area contributed by atoms with Crippen LogP contribution in [0.15, 0.2) is 30.5 Å². The lowest BCUT2D eigenvalue weighted by atomic mass is 10.1. The summed E-state index contributed by atoms with van der Waals surface area (Å²) in [6.45, 7) is 3.13. The number of fused-ring (bicyclic) bond motifs is 1. The summed E-state index contributed by atoms with van der Waals surface area (Å²) in [5, 5.41) is 15.7. The topological polar surface area (TPSA) is 173 Å². The third-order valence-corrected chi connectivity index (χ3v) is 4.66. The highest BCUT2D eigenvalue weighted by Gasteiger charge is 2.18. The summed E-state index contributed by atoms with van der Waals surface area (Å²) < 4.78 is 0. The van der Waals surface area contributed by atoms with Gasteiger partial charge in [-0.2, -0.15) is 9.97 Å². The molecule has 166 valence electrons. The first-order chi connectivity index (χ1) is 15.2. The van der Waals surface area contributed by atoms with Gasteiger partial charge in [-0.3, -0.25) is 9.59 Å². The van der Waals surface area contributed by atoms with Gasteiger partial charge < -0.3 is 26.3 Å². The van der Waals surface area contributed by atoms with Gasteiger partial charge in [-0.25, -0.2) is 9.97 Å². The first kappa shape index (κ1) is 22.5. The minimum atomic E-state index is -0.702. The van der Waals surface area contributed by atoms with E-state index >= 15 is 0 Å². The summed E-state index contributed by atoms with van der Waals surface area (Å²) >= 11 is 0. The zero-order chi connectivity index (χ0) is 23.3. The van der Waals surface area contributed by atoms with Gasteiger partial charge in [-0.1, -0.05) is 0 Å². The number of carbonyl (C=O) groups is 3. The number of rotatable bonds is 9. The maximum absolute atomic E-state index is 12.4. The summed E-state index contributed by atoms with van der Waals surface area (Å²) in [6.07, 6.45) is 2.00. The number of nitrogen functional groups attached to an aromatic ring is 1. The molecule has 0 aliphatic rings. The molecule has 2 heterocycles. The van der Waals surface area contributed by atoms with Gasteiger partial charge >= 0.3 is 0 Å². The second kappa shape index (κ2) is 9.77. The lowest BCUT2D eigenvalue weighted by molar-refractivity contribution is -0.119. The van der Waals surface area contributed by atoms with Crippen molar-refractivity contribution in [3.8, 4) is 5.88 Å². The van der Waals surface area contributed by atoms with Crippen molar-refractivity contribution in [3.63, 3.8) is 0 Å². The van der Waals surface area contributed by atoms with Crippen LogP contribution in [0.1, 0.15) is 42.7 Å². The van der Waals surface area contributed by atoms with Gasteiger partial charge in [0.25, 0.3) is 5.91 Å². The van der Waals surface area contributed by atoms with E-state index in [1.54, 1.807) is 24.3 Å². The molecule has 3 aromatic rings. The fourth-order valence-electron chi connectivity index (χ4n) is 2.93. The van der Waals surface area contributed by atoms with E-state index in [2.05, 4.69) is 30.6 Å². The van der Waals surface area contributed by atoms with Crippen LogP contribution in [0.5, 0.6) is 5.88 Å². The molecule has 5 N–H and O–H groups in total. The SMILES string of the molecule is CC(=O)CCC(NC(=O)c1ccc(NCc2cnc3nc(N)nc(O)c3n2)cc1)C(C)=O. The predicted molar refractivity (Wildman–Crippen MR) is 117 cm³/mol. The quantitative estimate of drug-likeness (QED) is 0.383. The molecule has 0 saturated carbocycles. The number of ketones is 2. The zero-order valence-electron chi connectivity index (χ0n) is 17.6. The van der Waals surface area contributed by atoms with E-state index < -0.39 is 11.9 Å². The number of hydrogen-bond acceptors (Lipinski definition) is 10. The molecule has 1 atom stereocenters. The molecule has 1 unspecified atom stereocenters. The van der Waals surface area contributed by atoms with Crippen LogP contribution in [0.2, 0.25) is 0 Å². The molecule has 1 aromatic carbocycles. The number of anilines is 2. The fourth-order valence-corrected chi connectivity index (χ4v) is 2.93. The van der Waals surface area contributed by atoms with Gasteiger partial charge in [-0.15, -0.1) is 0 Å². The highest BCUT2D eigenvalue weighted by Crippen LogP contribution is 2.19. The summed E-state index contributed by atoms with van der Waals surface area (Å²) in [5.41, 5.74) is 7.47. The minimum Gasteiger partial charge on any atom is -0.492 e. The third kappa shape index (κ3) is 5.72. The Kier molecular flexibility index (Phi) is 6.88. The monoisotopic (exact) mass is 437 g/mol. The second-order valence-electron chi connectivity index (χ2n) is 7.25. The number of nitrogens with zero attached hydrogens (tertiary/aromatic N) is 4. The molecule has 0 saturated heterocycles. The summed E-state index contributed by atoms with van der Waals surface area (Å²) in [5.74, 6) is -1.06. The smallest absolute Gasteiger partial charge is 0.251 e. The van der Waals surface area contributed by atoms with Crippen LogP contribution in [0.4, 0.5) is 11.6 Å². The molecule has 2 aromatic heterocycles. The summed E-state index contributed by atoms with van der Waals surface area (Å²) in [6, 6.07) is 5.96. The largest absolute Gasteiger partial charge is 0.492 e. The third-order valence-electron chi connectivity index (χ3n) is 4.66. The van der Waals surface area contributed by atoms with Crippen LogP contribution in [0, 0.1) is 0 Å². The van der Waals surface area contributed by atoms with Gasteiger partial charge in [0.2, 0.25) is 11.8 Å². The fraction of sp³-hybridized carbons (Fsp3) is 0.286. The Morgan fingerprint density at radius 2 is 1.81 bits per heavy atom. The molecule has 32 heavy (non-hydrogen) atoms. The molecule has 0 aliphatic heterocycles. The number of nitrogens with two attached hydrogens (primary N) is 1. The van der Waals surface area contributed by atoms with Crippen LogP contribution in [-0.2, 0) is 16.1 Å². The maximum Gasteiger partial charge on any atom is 0.251 e. The predicted octanol–water partition coefficient (Wildman–Crippen LogP) is 1.38. The minimum absolute atomic E-state index is 0.0381.